The average Bonchev–Trinajstić information content (AvgIpc) is 2.81. The fraction of sp³-hybridized carbons (Fsp3) is 0.417. The van der Waals surface area contributed by atoms with Crippen LogP contribution in [0.1, 0.15) is 24.5 Å². The highest BCUT2D eigenvalue weighted by Crippen LogP contribution is 2.31. The molecule has 0 aromatic heterocycles. The van der Waals surface area contributed by atoms with Crippen LogP contribution in [0, 0.1) is 0 Å². The number of aldehydes is 1. The maximum Gasteiger partial charge on any atom is 0.148 e. The van der Waals surface area contributed by atoms with E-state index in [1.165, 1.54) is 5.56 Å². The molecule has 1 saturated heterocycles. The van der Waals surface area contributed by atoms with E-state index in [-0.39, 0.29) is 12.2 Å². The van der Waals surface area contributed by atoms with Crippen molar-refractivity contribution in [1.29, 1.82) is 0 Å². The van der Waals surface area contributed by atoms with Gasteiger partial charge in [0.15, 0.2) is 0 Å². The van der Waals surface area contributed by atoms with Crippen molar-refractivity contribution in [3.63, 3.8) is 0 Å². The lowest BCUT2D eigenvalue weighted by Gasteiger charge is -2.09. The summed E-state index contributed by atoms with van der Waals surface area (Å²) in [5.41, 5.74) is 1.17. The van der Waals surface area contributed by atoms with Gasteiger partial charge in [0.2, 0.25) is 0 Å². The molecule has 1 aliphatic heterocycles. The van der Waals surface area contributed by atoms with Gasteiger partial charge in [-0.3, -0.25) is 0 Å². The number of carbonyl (C=O) groups is 1. The first-order valence-corrected chi connectivity index (χ1v) is 5.00. The van der Waals surface area contributed by atoms with Crippen LogP contribution in [0.2, 0.25) is 0 Å². The largest absolute Gasteiger partial charge is 0.400 e. The summed E-state index contributed by atoms with van der Waals surface area (Å²) in [7, 11) is 1.00. The predicted octanol–water partition coefficient (Wildman–Crippen LogP) is 1.71. The van der Waals surface area contributed by atoms with E-state index in [1.54, 1.807) is 0 Å². The third-order valence-electron chi connectivity index (χ3n) is 2.38. The summed E-state index contributed by atoms with van der Waals surface area (Å²) in [5, 5.41) is 7.00. The SMILES string of the molecule is CO.O=CC1CCC(c2ccccc2)O1. The van der Waals surface area contributed by atoms with Crippen LogP contribution >= 0.6 is 0 Å². The van der Waals surface area contributed by atoms with Crippen LogP contribution in [0.4, 0.5) is 0 Å². The zero-order valence-electron chi connectivity index (χ0n) is 8.80. The fourth-order valence-corrected chi connectivity index (χ4v) is 1.68. The molecule has 82 valence electrons. The monoisotopic (exact) mass is 208 g/mol. The molecule has 1 fully saturated rings. The van der Waals surface area contributed by atoms with Crippen molar-refractivity contribution in [2.75, 3.05) is 7.11 Å². The topological polar surface area (TPSA) is 46.5 Å². The van der Waals surface area contributed by atoms with Gasteiger partial charge in [-0.2, -0.15) is 0 Å². The highest BCUT2D eigenvalue weighted by atomic mass is 16.5. The molecule has 0 amide bonds. The Labute approximate surface area is 89.7 Å². The Morgan fingerprint density at radius 2 is 1.93 bits per heavy atom. The van der Waals surface area contributed by atoms with Crippen molar-refractivity contribution in [3.8, 4) is 0 Å². The second-order valence-electron chi connectivity index (χ2n) is 3.29. The number of benzene rings is 1. The smallest absolute Gasteiger partial charge is 0.148 e. The Balaban J connectivity index is 0.000000531. The standard InChI is InChI=1S/C11H12O2.CH4O/c12-8-10-6-7-11(13-10)9-4-2-1-3-5-9;1-2/h1-5,8,10-11H,6-7H2;2H,1H3. The lowest BCUT2D eigenvalue weighted by atomic mass is 10.1. The highest BCUT2D eigenvalue weighted by Gasteiger charge is 2.25. The minimum absolute atomic E-state index is 0.122. The van der Waals surface area contributed by atoms with Crippen molar-refractivity contribution in [3.05, 3.63) is 35.9 Å². The number of hydrogen-bond acceptors (Lipinski definition) is 3. The number of hydrogen-bond donors (Lipinski definition) is 1. The van der Waals surface area contributed by atoms with Gasteiger partial charge in [0.05, 0.1) is 6.10 Å². The molecule has 2 rings (SSSR count). The first-order chi connectivity index (χ1) is 7.40. The summed E-state index contributed by atoms with van der Waals surface area (Å²) < 4.78 is 5.53. The number of aliphatic hydroxyl groups excluding tert-OH is 1. The Morgan fingerprint density at radius 1 is 1.27 bits per heavy atom. The lowest BCUT2D eigenvalue weighted by Crippen LogP contribution is -2.06. The molecule has 0 aliphatic carbocycles. The van der Waals surface area contributed by atoms with Gasteiger partial charge in [-0.05, 0) is 18.4 Å². The van der Waals surface area contributed by atoms with Crippen molar-refractivity contribution in [1.82, 2.24) is 0 Å². The van der Waals surface area contributed by atoms with E-state index < -0.39 is 0 Å². The summed E-state index contributed by atoms with van der Waals surface area (Å²) in [5.74, 6) is 0. The van der Waals surface area contributed by atoms with Gasteiger partial charge < -0.3 is 14.6 Å². The van der Waals surface area contributed by atoms with E-state index >= 15 is 0 Å². The van der Waals surface area contributed by atoms with Crippen LogP contribution < -0.4 is 0 Å². The molecule has 1 heterocycles. The highest BCUT2D eigenvalue weighted by molar-refractivity contribution is 5.56. The molecule has 0 radical (unpaired) electrons. The molecule has 1 aromatic rings. The Hall–Kier alpha value is -1.19. The van der Waals surface area contributed by atoms with Crippen LogP contribution in [0.5, 0.6) is 0 Å². The molecule has 0 spiro atoms. The van der Waals surface area contributed by atoms with Crippen molar-refractivity contribution in [2.45, 2.75) is 25.0 Å². The summed E-state index contributed by atoms with van der Waals surface area (Å²) in [6, 6.07) is 10.0. The normalized spacial score (nSPS) is 24.1. The van der Waals surface area contributed by atoms with Gasteiger partial charge in [-0.1, -0.05) is 30.3 Å². The van der Waals surface area contributed by atoms with Gasteiger partial charge in [-0.25, -0.2) is 0 Å². The van der Waals surface area contributed by atoms with Gasteiger partial charge in [0.1, 0.15) is 12.4 Å². The Kier molecular flexibility index (Phi) is 5.01. The van der Waals surface area contributed by atoms with Gasteiger partial charge in [-0.15, -0.1) is 0 Å². The van der Waals surface area contributed by atoms with Crippen LogP contribution in [-0.4, -0.2) is 24.6 Å². The fourth-order valence-electron chi connectivity index (χ4n) is 1.68. The van der Waals surface area contributed by atoms with Crippen molar-refractivity contribution in [2.24, 2.45) is 0 Å². The second kappa shape index (κ2) is 6.32. The number of rotatable bonds is 2. The molecule has 2 unspecified atom stereocenters. The van der Waals surface area contributed by atoms with Gasteiger partial charge in [0, 0.05) is 7.11 Å². The first kappa shape index (κ1) is 11.9. The minimum Gasteiger partial charge on any atom is -0.400 e. The molecule has 0 bridgehead atoms. The molecule has 0 saturated carbocycles. The second-order valence-corrected chi connectivity index (χ2v) is 3.29. The third-order valence-corrected chi connectivity index (χ3v) is 2.38. The van der Waals surface area contributed by atoms with Crippen molar-refractivity contribution >= 4 is 6.29 Å². The van der Waals surface area contributed by atoms with Crippen molar-refractivity contribution < 1.29 is 14.6 Å². The van der Waals surface area contributed by atoms with E-state index in [0.29, 0.717) is 0 Å². The quantitative estimate of drug-likeness (QED) is 0.753. The molecule has 1 N–H and O–H groups in total. The lowest BCUT2D eigenvalue weighted by molar-refractivity contribution is -0.117. The number of carbonyl (C=O) groups excluding carboxylic acids is 1. The summed E-state index contributed by atoms with van der Waals surface area (Å²) in [4.78, 5) is 10.5. The van der Waals surface area contributed by atoms with Gasteiger partial charge >= 0.3 is 0 Å². The van der Waals surface area contributed by atoms with E-state index in [9.17, 15) is 4.79 Å². The summed E-state index contributed by atoms with van der Waals surface area (Å²) in [6.07, 6.45) is 2.63. The molecule has 3 nitrogen and oxygen atoms in total. The maximum absolute atomic E-state index is 10.5. The molecule has 2 atom stereocenters. The van der Waals surface area contributed by atoms with E-state index in [2.05, 4.69) is 0 Å². The first-order valence-electron chi connectivity index (χ1n) is 5.00. The number of aliphatic hydroxyl groups is 1. The number of ether oxygens (including phenoxy) is 1. The van der Waals surface area contributed by atoms with E-state index in [4.69, 9.17) is 9.84 Å². The molecule has 3 heteroatoms. The Morgan fingerprint density at radius 3 is 2.47 bits per heavy atom. The van der Waals surface area contributed by atoms with E-state index in [1.807, 2.05) is 30.3 Å². The summed E-state index contributed by atoms with van der Waals surface area (Å²) in [6.45, 7) is 0. The van der Waals surface area contributed by atoms with Gasteiger partial charge in [0.25, 0.3) is 0 Å². The maximum atomic E-state index is 10.5. The van der Waals surface area contributed by atoms with Crippen LogP contribution in [0.3, 0.4) is 0 Å². The molecule has 1 aromatic carbocycles. The van der Waals surface area contributed by atoms with E-state index in [0.717, 1.165) is 26.2 Å². The predicted molar refractivity (Wildman–Crippen MR) is 57.5 cm³/mol. The molecule has 1 aliphatic rings. The molecular formula is C12H16O3. The molecule has 15 heavy (non-hydrogen) atoms. The summed E-state index contributed by atoms with van der Waals surface area (Å²) >= 11 is 0. The zero-order valence-corrected chi connectivity index (χ0v) is 8.80. The van der Waals surface area contributed by atoms with Crippen LogP contribution in [0.15, 0.2) is 30.3 Å². The average molecular weight is 208 g/mol. The Bertz CT molecular complexity index is 284. The van der Waals surface area contributed by atoms with Crippen LogP contribution in [0.25, 0.3) is 0 Å². The zero-order chi connectivity index (χ0) is 11.1. The molecular weight excluding hydrogens is 192 g/mol. The minimum atomic E-state index is -0.190. The third kappa shape index (κ3) is 3.15. The van der Waals surface area contributed by atoms with Crippen LogP contribution in [-0.2, 0) is 9.53 Å².